The molecule has 1 unspecified atom stereocenters. The average Bonchev–Trinajstić information content (AvgIpc) is 2.71. The lowest BCUT2D eigenvalue weighted by Gasteiger charge is -2.45. The molecular formula is C14H24N4O. The van der Waals surface area contributed by atoms with Gasteiger partial charge >= 0.3 is 0 Å². The first-order valence-electron chi connectivity index (χ1n) is 7.21. The molecule has 1 aromatic rings. The van der Waals surface area contributed by atoms with Gasteiger partial charge in [-0.3, -0.25) is 0 Å². The molecule has 3 aliphatic rings. The number of piperidine rings is 3. The maximum Gasteiger partial charge on any atom is 0.216 e. The van der Waals surface area contributed by atoms with Crippen molar-refractivity contribution in [3.63, 3.8) is 0 Å². The first-order valence-corrected chi connectivity index (χ1v) is 7.21. The third-order valence-corrected chi connectivity index (χ3v) is 4.68. The Balaban J connectivity index is 1.66. The van der Waals surface area contributed by atoms with Crippen molar-refractivity contribution >= 4 is 0 Å². The summed E-state index contributed by atoms with van der Waals surface area (Å²) < 4.78 is 7.27. The zero-order valence-electron chi connectivity index (χ0n) is 12.1. The van der Waals surface area contributed by atoms with Crippen LogP contribution < -0.4 is 10.1 Å². The van der Waals surface area contributed by atoms with E-state index in [4.69, 9.17) is 4.74 Å². The van der Waals surface area contributed by atoms with Gasteiger partial charge in [0.15, 0.2) is 0 Å². The van der Waals surface area contributed by atoms with Crippen LogP contribution in [0.2, 0.25) is 0 Å². The van der Waals surface area contributed by atoms with E-state index in [-0.39, 0.29) is 0 Å². The van der Waals surface area contributed by atoms with Crippen molar-refractivity contribution in [1.82, 2.24) is 20.0 Å². The Morgan fingerprint density at radius 1 is 1.37 bits per heavy atom. The summed E-state index contributed by atoms with van der Waals surface area (Å²) >= 11 is 0. The fourth-order valence-corrected chi connectivity index (χ4v) is 3.57. The van der Waals surface area contributed by atoms with Crippen molar-refractivity contribution in [2.45, 2.75) is 32.4 Å². The first kappa shape index (κ1) is 12.9. The minimum absolute atomic E-state index is 0.631. The zero-order valence-corrected chi connectivity index (χ0v) is 12.1. The van der Waals surface area contributed by atoms with Crippen LogP contribution in [0, 0.1) is 12.8 Å². The average molecular weight is 264 g/mol. The van der Waals surface area contributed by atoms with Crippen molar-refractivity contribution in [1.29, 1.82) is 0 Å². The van der Waals surface area contributed by atoms with E-state index in [0.717, 1.165) is 24.0 Å². The lowest BCUT2D eigenvalue weighted by Crippen LogP contribution is -2.55. The largest absolute Gasteiger partial charge is 0.481 e. The number of hydrogen-bond acceptors (Lipinski definition) is 4. The second-order valence-electron chi connectivity index (χ2n) is 5.82. The molecule has 106 valence electrons. The highest BCUT2D eigenvalue weighted by molar-refractivity contribution is 5.30. The number of aryl methyl sites for hydroxylation is 2. The van der Waals surface area contributed by atoms with Gasteiger partial charge in [0.1, 0.15) is 0 Å². The number of nitrogens with zero attached hydrogens (tertiary/aromatic N) is 3. The molecule has 0 aliphatic carbocycles. The maximum absolute atomic E-state index is 5.45. The van der Waals surface area contributed by atoms with Gasteiger partial charge in [0, 0.05) is 26.2 Å². The summed E-state index contributed by atoms with van der Waals surface area (Å²) in [6.45, 7) is 6.69. The number of methoxy groups -OCH3 is 1. The van der Waals surface area contributed by atoms with Gasteiger partial charge in [0.25, 0.3) is 0 Å². The lowest BCUT2D eigenvalue weighted by atomic mass is 9.84. The summed E-state index contributed by atoms with van der Waals surface area (Å²) in [6.07, 6.45) is 2.70. The Kier molecular flexibility index (Phi) is 3.50. The Labute approximate surface area is 114 Å². The van der Waals surface area contributed by atoms with Crippen LogP contribution >= 0.6 is 0 Å². The van der Waals surface area contributed by atoms with Gasteiger partial charge in [-0.15, -0.1) is 0 Å². The van der Waals surface area contributed by atoms with E-state index < -0.39 is 0 Å². The lowest BCUT2D eigenvalue weighted by molar-refractivity contribution is 0.0719. The number of hydrogen-bond donors (Lipinski definition) is 1. The third kappa shape index (κ3) is 2.37. The maximum atomic E-state index is 5.45. The molecule has 3 aliphatic heterocycles. The van der Waals surface area contributed by atoms with Crippen LogP contribution in [0.1, 0.15) is 24.1 Å². The summed E-state index contributed by atoms with van der Waals surface area (Å²) in [5.74, 6) is 1.74. The standard InChI is InChI=1S/C14H24N4O/c1-10-12(14(19-3)17(2)16-10)8-15-13-9-18-6-4-11(13)5-7-18/h11,13,15H,4-9H2,1-3H3. The monoisotopic (exact) mass is 264 g/mol. The van der Waals surface area contributed by atoms with Crippen molar-refractivity contribution in [2.24, 2.45) is 13.0 Å². The van der Waals surface area contributed by atoms with Gasteiger partial charge < -0.3 is 15.0 Å². The molecule has 1 atom stereocenters. The van der Waals surface area contributed by atoms with Gasteiger partial charge in [0.05, 0.1) is 18.4 Å². The second kappa shape index (κ2) is 5.13. The van der Waals surface area contributed by atoms with Crippen molar-refractivity contribution in [3.05, 3.63) is 11.3 Å². The van der Waals surface area contributed by atoms with E-state index in [9.17, 15) is 0 Å². The van der Waals surface area contributed by atoms with Gasteiger partial charge in [-0.25, -0.2) is 4.68 Å². The molecule has 2 bridgehead atoms. The quantitative estimate of drug-likeness (QED) is 0.878. The smallest absolute Gasteiger partial charge is 0.216 e. The van der Waals surface area contributed by atoms with E-state index in [1.165, 1.54) is 38.0 Å². The second-order valence-corrected chi connectivity index (χ2v) is 5.82. The molecule has 4 heterocycles. The highest BCUT2D eigenvalue weighted by Gasteiger charge is 2.33. The minimum Gasteiger partial charge on any atom is -0.481 e. The Morgan fingerprint density at radius 2 is 2.11 bits per heavy atom. The van der Waals surface area contributed by atoms with Gasteiger partial charge in [-0.2, -0.15) is 5.10 Å². The summed E-state index contributed by atoms with van der Waals surface area (Å²) in [7, 11) is 3.65. The molecule has 1 N–H and O–H groups in total. The van der Waals surface area contributed by atoms with Crippen LogP contribution in [0.15, 0.2) is 0 Å². The zero-order chi connectivity index (χ0) is 13.4. The summed E-state index contributed by atoms with van der Waals surface area (Å²) in [4.78, 5) is 2.57. The molecule has 19 heavy (non-hydrogen) atoms. The molecule has 0 amide bonds. The topological polar surface area (TPSA) is 42.3 Å². The van der Waals surface area contributed by atoms with Gasteiger partial charge in [-0.05, 0) is 38.8 Å². The minimum atomic E-state index is 0.631. The van der Waals surface area contributed by atoms with E-state index >= 15 is 0 Å². The summed E-state index contributed by atoms with van der Waals surface area (Å²) in [5, 5.41) is 8.16. The molecule has 5 heteroatoms. The van der Waals surface area contributed by atoms with E-state index in [1.54, 1.807) is 7.11 Å². The predicted octanol–water partition coefficient (Wildman–Crippen LogP) is 0.921. The summed E-state index contributed by atoms with van der Waals surface area (Å²) in [6, 6.07) is 0.631. The number of ether oxygens (including phenoxy) is 1. The number of fused-ring (bicyclic) bond motifs is 3. The highest BCUT2D eigenvalue weighted by Crippen LogP contribution is 2.28. The normalized spacial score (nSPS) is 29.7. The number of rotatable bonds is 4. The molecule has 0 aromatic carbocycles. The van der Waals surface area contributed by atoms with Crippen LogP contribution in [0.25, 0.3) is 0 Å². The molecule has 5 nitrogen and oxygen atoms in total. The van der Waals surface area contributed by atoms with E-state index in [0.29, 0.717) is 6.04 Å². The van der Waals surface area contributed by atoms with Crippen LogP contribution in [0.5, 0.6) is 5.88 Å². The number of nitrogens with one attached hydrogen (secondary N) is 1. The van der Waals surface area contributed by atoms with Crippen LogP contribution in [-0.2, 0) is 13.6 Å². The molecule has 1 aromatic heterocycles. The van der Waals surface area contributed by atoms with Gasteiger partial charge in [0.2, 0.25) is 5.88 Å². The fourth-order valence-electron chi connectivity index (χ4n) is 3.57. The van der Waals surface area contributed by atoms with E-state index in [1.807, 2.05) is 11.7 Å². The molecule has 0 radical (unpaired) electrons. The Bertz CT molecular complexity index is 449. The van der Waals surface area contributed by atoms with Crippen molar-refractivity contribution in [2.75, 3.05) is 26.7 Å². The molecular weight excluding hydrogens is 240 g/mol. The first-order chi connectivity index (χ1) is 9.19. The molecule has 3 fully saturated rings. The third-order valence-electron chi connectivity index (χ3n) is 4.68. The van der Waals surface area contributed by atoms with Crippen LogP contribution in [0.4, 0.5) is 0 Å². The molecule has 0 spiro atoms. The predicted molar refractivity (Wildman–Crippen MR) is 74.3 cm³/mol. The SMILES string of the molecule is COc1c(CNC2CN3CCC2CC3)c(C)nn1C. The van der Waals surface area contributed by atoms with Crippen LogP contribution in [0.3, 0.4) is 0 Å². The van der Waals surface area contributed by atoms with Crippen molar-refractivity contribution < 1.29 is 4.74 Å². The Hall–Kier alpha value is -1.07. The fraction of sp³-hybridized carbons (Fsp3) is 0.786. The van der Waals surface area contributed by atoms with E-state index in [2.05, 4.69) is 22.2 Å². The molecule has 3 saturated heterocycles. The van der Waals surface area contributed by atoms with Gasteiger partial charge in [-0.1, -0.05) is 0 Å². The number of aromatic nitrogens is 2. The highest BCUT2D eigenvalue weighted by atomic mass is 16.5. The van der Waals surface area contributed by atoms with Crippen LogP contribution in [-0.4, -0.2) is 47.5 Å². The van der Waals surface area contributed by atoms with Crippen molar-refractivity contribution in [3.8, 4) is 5.88 Å². The molecule has 4 rings (SSSR count). The Morgan fingerprint density at radius 3 is 2.68 bits per heavy atom. The molecule has 0 saturated carbocycles. The summed E-state index contributed by atoms with van der Waals surface area (Å²) in [5.41, 5.74) is 2.26.